The Hall–Kier alpha value is -1.80. The van der Waals surface area contributed by atoms with Gasteiger partial charge in [-0.15, -0.1) is 0 Å². The van der Waals surface area contributed by atoms with Gasteiger partial charge in [-0.2, -0.15) is 5.26 Å². The van der Waals surface area contributed by atoms with Crippen molar-refractivity contribution >= 4 is 26.7 Å². The van der Waals surface area contributed by atoms with E-state index in [0.717, 1.165) is 10.2 Å². The number of rotatable bonds is 3. The van der Waals surface area contributed by atoms with E-state index in [9.17, 15) is 5.26 Å². The zero-order chi connectivity index (χ0) is 12.4. The molecule has 4 nitrogen and oxygen atoms in total. The van der Waals surface area contributed by atoms with Gasteiger partial charge in [-0.05, 0) is 18.1 Å². The highest BCUT2D eigenvalue weighted by Gasteiger charge is 2.12. The van der Waals surface area contributed by atoms with Gasteiger partial charge < -0.3 is 10.5 Å². The number of aromatic nitrogens is 1. The van der Waals surface area contributed by atoms with Crippen molar-refractivity contribution in [2.45, 2.75) is 13.8 Å². The number of hydrogen-bond donors (Lipinski definition) is 1. The molecule has 0 saturated carbocycles. The zero-order valence-corrected chi connectivity index (χ0v) is 10.5. The minimum absolute atomic E-state index is 0.420. The number of nitriles is 1. The first-order valence-corrected chi connectivity index (χ1v) is 6.15. The molecule has 0 spiro atoms. The number of benzene rings is 1. The smallest absolute Gasteiger partial charge is 0.181 e. The number of nitrogens with two attached hydrogens (primary N) is 1. The predicted octanol–water partition coefficient (Wildman–Crippen LogP) is 2.78. The summed E-state index contributed by atoms with van der Waals surface area (Å²) in [6.07, 6.45) is 0. The van der Waals surface area contributed by atoms with Crippen molar-refractivity contribution < 1.29 is 4.74 Å². The molecule has 2 aromatic rings. The van der Waals surface area contributed by atoms with Crippen molar-refractivity contribution in [2.75, 3.05) is 12.3 Å². The van der Waals surface area contributed by atoms with Crippen LogP contribution in [0.1, 0.15) is 19.4 Å². The molecule has 5 heteroatoms. The average molecular weight is 247 g/mol. The fourth-order valence-electron chi connectivity index (χ4n) is 1.47. The van der Waals surface area contributed by atoms with Crippen molar-refractivity contribution in [1.82, 2.24) is 4.98 Å². The van der Waals surface area contributed by atoms with Gasteiger partial charge in [-0.3, -0.25) is 0 Å². The highest BCUT2D eigenvalue weighted by atomic mass is 32.1. The third-order valence-corrected chi connectivity index (χ3v) is 3.14. The number of nitrogens with zero attached hydrogens (tertiary/aromatic N) is 2. The molecule has 0 bridgehead atoms. The molecule has 0 atom stereocenters. The molecule has 88 valence electrons. The van der Waals surface area contributed by atoms with Crippen LogP contribution in [0, 0.1) is 17.2 Å². The topological polar surface area (TPSA) is 71.9 Å². The third-order valence-electron chi connectivity index (χ3n) is 2.22. The quantitative estimate of drug-likeness (QED) is 0.905. The second-order valence-electron chi connectivity index (χ2n) is 4.16. The Labute approximate surface area is 104 Å². The van der Waals surface area contributed by atoms with Crippen molar-refractivity contribution in [1.29, 1.82) is 5.26 Å². The summed E-state index contributed by atoms with van der Waals surface area (Å²) in [6.45, 7) is 4.72. The summed E-state index contributed by atoms with van der Waals surface area (Å²) in [7, 11) is 0. The van der Waals surface area contributed by atoms with Crippen LogP contribution in [0.4, 0.5) is 5.13 Å². The molecule has 2 rings (SSSR count). The second-order valence-corrected chi connectivity index (χ2v) is 5.19. The summed E-state index contributed by atoms with van der Waals surface area (Å²) in [5, 5.41) is 9.67. The van der Waals surface area contributed by atoms with Crippen LogP contribution in [0.25, 0.3) is 10.2 Å². The van der Waals surface area contributed by atoms with E-state index >= 15 is 0 Å². The molecule has 0 aliphatic heterocycles. The molecule has 0 fully saturated rings. The molecule has 1 heterocycles. The summed E-state index contributed by atoms with van der Waals surface area (Å²) in [4.78, 5) is 4.15. The van der Waals surface area contributed by atoms with E-state index in [-0.39, 0.29) is 0 Å². The van der Waals surface area contributed by atoms with Gasteiger partial charge in [-0.1, -0.05) is 25.2 Å². The van der Waals surface area contributed by atoms with Gasteiger partial charge in [0.1, 0.15) is 17.4 Å². The predicted molar refractivity (Wildman–Crippen MR) is 69.1 cm³/mol. The van der Waals surface area contributed by atoms with Crippen molar-refractivity contribution in [3.05, 3.63) is 17.7 Å². The van der Waals surface area contributed by atoms with E-state index in [1.165, 1.54) is 11.3 Å². The molecule has 0 saturated heterocycles. The molecular formula is C12H13N3OS. The number of thiazole rings is 1. The van der Waals surface area contributed by atoms with Gasteiger partial charge in [0.25, 0.3) is 0 Å². The van der Waals surface area contributed by atoms with E-state index in [4.69, 9.17) is 10.5 Å². The van der Waals surface area contributed by atoms with Crippen molar-refractivity contribution in [3.63, 3.8) is 0 Å². The molecule has 1 aromatic carbocycles. The lowest BCUT2D eigenvalue weighted by molar-refractivity contribution is 0.271. The molecule has 0 aliphatic carbocycles. The highest BCUT2D eigenvalue weighted by Crippen LogP contribution is 2.32. The maximum atomic E-state index is 9.20. The number of hydrogen-bond acceptors (Lipinski definition) is 5. The van der Waals surface area contributed by atoms with Gasteiger partial charge in [0.05, 0.1) is 16.8 Å². The molecule has 0 aliphatic rings. The van der Waals surface area contributed by atoms with Gasteiger partial charge in [0.2, 0.25) is 0 Å². The number of fused-ring (bicyclic) bond motifs is 1. The molecular weight excluding hydrogens is 234 g/mol. The van der Waals surface area contributed by atoms with E-state index in [1.54, 1.807) is 6.07 Å². The van der Waals surface area contributed by atoms with Crippen molar-refractivity contribution in [2.24, 2.45) is 5.92 Å². The van der Waals surface area contributed by atoms with Gasteiger partial charge in [-0.25, -0.2) is 4.98 Å². The van der Waals surface area contributed by atoms with Crippen LogP contribution in [0.2, 0.25) is 0 Å². The summed E-state index contributed by atoms with van der Waals surface area (Å²) in [6, 6.07) is 5.78. The van der Waals surface area contributed by atoms with E-state index < -0.39 is 0 Å². The monoisotopic (exact) mass is 247 g/mol. The van der Waals surface area contributed by atoms with Crippen LogP contribution in [0.5, 0.6) is 5.75 Å². The van der Waals surface area contributed by atoms with Crippen molar-refractivity contribution in [3.8, 4) is 11.8 Å². The normalized spacial score (nSPS) is 10.7. The maximum Gasteiger partial charge on any atom is 0.181 e. The van der Waals surface area contributed by atoms with E-state index in [1.807, 2.05) is 6.07 Å². The summed E-state index contributed by atoms with van der Waals surface area (Å²) < 4.78 is 6.42. The minimum atomic E-state index is 0.420. The first-order valence-electron chi connectivity index (χ1n) is 5.33. The summed E-state index contributed by atoms with van der Waals surface area (Å²) >= 11 is 1.32. The molecule has 0 unspecified atom stereocenters. The summed E-state index contributed by atoms with van der Waals surface area (Å²) in [5.74, 6) is 1.03. The Bertz CT molecular complexity index is 583. The number of ether oxygens (including phenoxy) is 1. The zero-order valence-electron chi connectivity index (χ0n) is 9.73. The number of anilines is 1. The van der Waals surface area contributed by atoms with Gasteiger partial charge in [0.15, 0.2) is 5.13 Å². The SMILES string of the molecule is CC(C)COc1ccc2nc(N)sc2c1C#N. The standard InChI is InChI=1S/C12H13N3OS/c1-7(2)6-16-10-4-3-9-11(8(10)5-13)17-12(14)15-9/h3-4,7H,6H2,1-2H3,(H2,14,15). The Balaban J connectivity index is 2.46. The fraction of sp³-hybridized carbons (Fsp3) is 0.333. The van der Waals surface area contributed by atoms with Crippen LogP contribution < -0.4 is 10.5 Å². The Morgan fingerprint density at radius 3 is 2.94 bits per heavy atom. The van der Waals surface area contributed by atoms with Gasteiger partial charge >= 0.3 is 0 Å². The minimum Gasteiger partial charge on any atom is -0.492 e. The Morgan fingerprint density at radius 2 is 2.29 bits per heavy atom. The lowest BCUT2D eigenvalue weighted by Gasteiger charge is -2.09. The summed E-state index contributed by atoms with van der Waals surface area (Å²) in [5.41, 5.74) is 6.92. The molecule has 1 aromatic heterocycles. The van der Waals surface area contributed by atoms with Gasteiger partial charge in [0, 0.05) is 0 Å². The molecule has 17 heavy (non-hydrogen) atoms. The Kier molecular flexibility index (Phi) is 3.16. The van der Waals surface area contributed by atoms with Crippen LogP contribution in [-0.2, 0) is 0 Å². The third kappa shape index (κ3) is 2.32. The molecule has 0 amide bonds. The first-order chi connectivity index (χ1) is 8.11. The largest absolute Gasteiger partial charge is 0.492 e. The van der Waals surface area contributed by atoms with Crippen LogP contribution >= 0.6 is 11.3 Å². The lowest BCUT2D eigenvalue weighted by atomic mass is 10.2. The van der Waals surface area contributed by atoms with Crippen LogP contribution in [-0.4, -0.2) is 11.6 Å². The highest BCUT2D eigenvalue weighted by molar-refractivity contribution is 7.22. The Morgan fingerprint density at radius 1 is 1.53 bits per heavy atom. The number of nitrogen functional groups attached to an aromatic ring is 1. The average Bonchev–Trinajstić information content (AvgIpc) is 2.65. The lowest BCUT2D eigenvalue weighted by Crippen LogP contribution is -2.05. The second kappa shape index (κ2) is 4.60. The maximum absolute atomic E-state index is 9.20. The van der Waals surface area contributed by atoms with Crippen LogP contribution in [0.15, 0.2) is 12.1 Å². The van der Waals surface area contributed by atoms with E-state index in [2.05, 4.69) is 24.9 Å². The first kappa shape index (κ1) is 11.7. The molecule has 2 N–H and O–H groups in total. The van der Waals surface area contributed by atoms with E-state index in [0.29, 0.717) is 29.0 Å². The van der Waals surface area contributed by atoms with Crippen LogP contribution in [0.3, 0.4) is 0 Å². The fourth-order valence-corrected chi connectivity index (χ4v) is 2.29. The molecule has 0 radical (unpaired) electrons.